The lowest BCUT2D eigenvalue weighted by molar-refractivity contribution is -0.133. The second kappa shape index (κ2) is 5.10. The summed E-state index contributed by atoms with van der Waals surface area (Å²) in [5.74, 6) is -1.38. The fourth-order valence-corrected chi connectivity index (χ4v) is 2.41. The van der Waals surface area contributed by atoms with Crippen molar-refractivity contribution in [2.24, 2.45) is 0 Å². The Hall–Kier alpha value is -2.36. The van der Waals surface area contributed by atoms with E-state index in [2.05, 4.69) is 5.32 Å². The Labute approximate surface area is 111 Å². The molecule has 1 aromatic carbocycles. The zero-order valence-corrected chi connectivity index (χ0v) is 10.8. The monoisotopic (exact) mass is 257 g/mol. The molecule has 0 aliphatic carbocycles. The van der Waals surface area contributed by atoms with Gasteiger partial charge in [-0.1, -0.05) is 30.3 Å². The lowest BCUT2D eigenvalue weighted by Crippen LogP contribution is -2.24. The molecule has 0 spiro atoms. The summed E-state index contributed by atoms with van der Waals surface area (Å²) in [6, 6.07) is 7.06. The molecule has 0 saturated heterocycles. The first-order valence-corrected chi connectivity index (χ1v) is 5.98. The third-order valence-electron chi connectivity index (χ3n) is 3.20. The van der Waals surface area contributed by atoms with Crippen LogP contribution < -0.4 is 5.32 Å². The Morgan fingerprint density at radius 1 is 1.32 bits per heavy atom. The molecule has 0 radical (unpaired) electrons. The van der Waals surface area contributed by atoms with Crippen LogP contribution in [0.4, 0.5) is 0 Å². The molecule has 0 bridgehead atoms. The maximum Gasteiger partial charge on any atom is 0.334 e. The fraction of sp³-hybridized carbons (Fsp3) is 0.200. The van der Waals surface area contributed by atoms with E-state index in [1.165, 1.54) is 0 Å². The second-order valence-electron chi connectivity index (χ2n) is 4.54. The first-order valence-electron chi connectivity index (χ1n) is 5.98. The van der Waals surface area contributed by atoms with Crippen LogP contribution in [0, 0.1) is 0 Å². The summed E-state index contributed by atoms with van der Waals surface area (Å²) in [5.41, 5.74) is 3.01. The quantitative estimate of drug-likeness (QED) is 0.816. The summed E-state index contributed by atoms with van der Waals surface area (Å²) in [5, 5.41) is 12.4. The van der Waals surface area contributed by atoms with E-state index in [1.54, 1.807) is 25.1 Å². The van der Waals surface area contributed by atoms with Gasteiger partial charge in [0.25, 0.3) is 0 Å². The van der Waals surface area contributed by atoms with Crippen LogP contribution in [-0.4, -0.2) is 17.4 Å². The van der Waals surface area contributed by atoms with Crippen LogP contribution in [0.25, 0.3) is 0 Å². The minimum Gasteiger partial charge on any atom is -0.478 e. The lowest BCUT2D eigenvalue weighted by Gasteiger charge is -2.25. The minimum absolute atomic E-state index is 0.278. The highest BCUT2D eigenvalue weighted by atomic mass is 16.4. The number of aldehydes is 1. The summed E-state index contributed by atoms with van der Waals surface area (Å²) < 4.78 is 0. The van der Waals surface area contributed by atoms with E-state index in [-0.39, 0.29) is 5.57 Å². The van der Waals surface area contributed by atoms with Gasteiger partial charge in [-0.05, 0) is 19.4 Å². The van der Waals surface area contributed by atoms with E-state index in [0.717, 1.165) is 17.5 Å². The van der Waals surface area contributed by atoms with Gasteiger partial charge in [0.1, 0.15) is 6.29 Å². The van der Waals surface area contributed by atoms with E-state index in [4.69, 9.17) is 0 Å². The van der Waals surface area contributed by atoms with Gasteiger partial charge in [-0.25, -0.2) is 4.79 Å². The normalized spacial score (nSPS) is 18.6. The number of carboxylic acid groups (broad SMARTS) is 1. The minimum atomic E-state index is -0.973. The first-order chi connectivity index (χ1) is 9.04. The van der Waals surface area contributed by atoms with Crippen molar-refractivity contribution in [3.63, 3.8) is 0 Å². The van der Waals surface area contributed by atoms with Gasteiger partial charge in [0.15, 0.2) is 0 Å². The number of carboxylic acids is 1. The zero-order valence-electron chi connectivity index (χ0n) is 10.8. The molecule has 98 valence electrons. The lowest BCUT2D eigenvalue weighted by atomic mass is 9.84. The molecule has 2 N–H and O–H groups in total. The zero-order chi connectivity index (χ0) is 14.0. The average Bonchev–Trinajstić information content (AvgIpc) is 2.37. The highest BCUT2D eigenvalue weighted by Gasteiger charge is 2.27. The van der Waals surface area contributed by atoms with Gasteiger partial charge in [0.05, 0.1) is 5.57 Å². The van der Waals surface area contributed by atoms with E-state index in [1.807, 2.05) is 19.1 Å². The van der Waals surface area contributed by atoms with Gasteiger partial charge < -0.3 is 10.4 Å². The Morgan fingerprint density at radius 3 is 2.63 bits per heavy atom. The average molecular weight is 257 g/mol. The van der Waals surface area contributed by atoms with Crippen molar-refractivity contribution in [2.45, 2.75) is 19.8 Å². The van der Waals surface area contributed by atoms with Crippen LogP contribution in [0.1, 0.15) is 35.7 Å². The maximum absolute atomic E-state index is 11.4. The number of rotatable bonds is 3. The number of allylic oxidation sites excluding steroid dienone is 3. The molecule has 0 fully saturated rings. The molecule has 1 aliphatic rings. The predicted molar refractivity (Wildman–Crippen MR) is 71.8 cm³/mol. The van der Waals surface area contributed by atoms with Crippen molar-refractivity contribution >= 4 is 12.3 Å². The maximum atomic E-state index is 11.4. The summed E-state index contributed by atoms with van der Waals surface area (Å²) in [4.78, 5) is 22.5. The number of carbonyl (C=O) groups is 2. The molecule has 1 unspecified atom stereocenters. The molecule has 0 saturated carbocycles. The predicted octanol–water partition coefficient (Wildman–Crippen LogP) is 2.45. The van der Waals surface area contributed by atoms with Gasteiger partial charge in [0.2, 0.25) is 0 Å². The summed E-state index contributed by atoms with van der Waals surface area (Å²) >= 11 is 0. The van der Waals surface area contributed by atoms with Crippen LogP contribution in [0.2, 0.25) is 0 Å². The summed E-state index contributed by atoms with van der Waals surface area (Å²) in [6.45, 7) is 3.61. The smallest absolute Gasteiger partial charge is 0.334 e. The van der Waals surface area contributed by atoms with Crippen LogP contribution >= 0.6 is 0 Å². The van der Waals surface area contributed by atoms with Crippen molar-refractivity contribution in [3.05, 3.63) is 58.4 Å². The molecule has 1 aromatic rings. The molecule has 1 atom stereocenters. The Kier molecular flexibility index (Phi) is 3.51. The van der Waals surface area contributed by atoms with Gasteiger partial charge in [-0.15, -0.1) is 0 Å². The molecule has 2 rings (SSSR count). The van der Waals surface area contributed by atoms with Crippen molar-refractivity contribution in [1.82, 2.24) is 5.32 Å². The Bertz CT molecular complexity index is 599. The molecule has 0 aromatic heterocycles. The summed E-state index contributed by atoms with van der Waals surface area (Å²) in [7, 11) is 0. The number of dihydropyridines is 1. The molecule has 4 nitrogen and oxygen atoms in total. The molecule has 1 heterocycles. The molecule has 4 heteroatoms. The largest absolute Gasteiger partial charge is 0.478 e. The van der Waals surface area contributed by atoms with Crippen molar-refractivity contribution < 1.29 is 14.7 Å². The van der Waals surface area contributed by atoms with Crippen LogP contribution in [0.5, 0.6) is 0 Å². The number of aliphatic carboxylic acids is 1. The standard InChI is InChI=1S/C15H15NO3/c1-9-7-13(14(15(18)19)10(2)16-9)12-6-4-3-5-11(12)8-17/h3-8,13,16H,1-2H3,(H,18,19). The third-order valence-corrected chi connectivity index (χ3v) is 3.20. The number of hydrogen-bond acceptors (Lipinski definition) is 3. The molecular formula is C15H15NO3. The van der Waals surface area contributed by atoms with E-state index in [0.29, 0.717) is 11.3 Å². The topological polar surface area (TPSA) is 66.4 Å². The van der Waals surface area contributed by atoms with Crippen molar-refractivity contribution in [2.75, 3.05) is 0 Å². The SMILES string of the molecule is CC1=CC(c2ccccc2C=O)C(C(=O)O)=C(C)N1. The molecule has 1 aliphatic heterocycles. The van der Waals surface area contributed by atoms with Crippen LogP contribution in [0.15, 0.2) is 47.3 Å². The Balaban J connectivity index is 2.60. The second-order valence-corrected chi connectivity index (χ2v) is 4.54. The van der Waals surface area contributed by atoms with E-state index >= 15 is 0 Å². The highest BCUT2D eigenvalue weighted by Crippen LogP contribution is 2.33. The van der Waals surface area contributed by atoms with Crippen LogP contribution in [0.3, 0.4) is 0 Å². The number of carbonyl (C=O) groups excluding carboxylic acids is 1. The van der Waals surface area contributed by atoms with E-state index in [9.17, 15) is 14.7 Å². The van der Waals surface area contributed by atoms with Gasteiger partial charge >= 0.3 is 5.97 Å². The fourth-order valence-electron chi connectivity index (χ4n) is 2.41. The van der Waals surface area contributed by atoms with Crippen LogP contribution in [-0.2, 0) is 4.79 Å². The molecule has 19 heavy (non-hydrogen) atoms. The van der Waals surface area contributed by atoms with Gasteiger partial charge in [-0.2, -0.15) is 0 Å². The van der Waals surface area contributed by atoms with Gasteiger partial charge in [0, 0.05) is 22.9 Å². The molecule has 0 amide bonds. The highest BCUT2D eigenvalue weighted by molar-refractivity contribution is 5.91. The first kappa shape index (κ1) is 13.1. The van der Waals surface area contributed by atoms with Gasteiger partial charge in [-0.3, -0.25) is 4.79 Å². The Morgan fingerprint density at radius 2 is 2.00 bits per heavy atom. The van der Waals surface area contributed by atoms with E-state index < -0.39 is 11.9 Å². The number of benzene rings is 1. The molecular weight excluding hydrogens is 242 g/mol. The van der Waals surface area contributed by atoms with Crippen molar-refractivity contribution in [1.29, 1.82) is 0 Å². The number of nitrogens with one attached hydrogen (secondary N) is 1. The third kappa shape index (κ3) is 2.42. The van der Waals surface area contributed by atoms with Crippen molar-refractivity contribution in [3.8, 4) is 0 Å². The summed E-state index contributed by atoms with van der Waals surface area (Å²) in [6.07, 6.45) is 2.59. The number of hydrogen-bond donors (Lipinski definition) is 2.